The first kappa shape index (κ1) is 20.7. The van der Waals surface area contributed by atoms with E-state index in [1.807, 2.05) is 9.80 Å². The minimum atomic E-state index is -2.95. The molecule has 2 rings (SSSR count). The molecule has 0 aliphatic carbocycles. The van der Waals surface area contributed by atoms with Crippen LogP contribution in [0.25, 0.3) is 0 Å². The van der Waals surface area contributed by atoms with Crippen molar-refractivity contribution in [3.05, 3.63) is 0 Å². The predicted molar refractivity (Wildman–Crippen MR) is 110 cm³/mol. The van der Waals surface area contributed by atoms with Crippen LogP contribution >= 0.6 is 46.0 Å². The van der Waals surface area contributed by atoms with Crippen LogP contribution in [0.2, 0.25) is 0 Å². The fourth-order valence-electron chi connectivity index (χ4n) is 2.65. The summed E-state index contributed by atoms with van der Waals surface area (Å²) in [5.41, 5.74) is 0. The van der Waals surface area contributed by atoms with E-state index >= 15 is 0 Å². The number of thiocarbonyl (C=S) groups is 2. The second kappa shape index (κ2) is 7.95. The largest absolute Gasteiger partial charge is 0.356 e. The molecule has 2 aliphatic rings. The van der Waals surface area contributed by atoms with Crippen LogP contribution < -0.4 is 0 Å². The molecule has 2 aliphatic heterocycles. The number of hydrogen-bond donors (Lipinski definition) is 0. The normalized spacial score (nSPS) is 27.8. The second-order valence-corrected chi connectivity index (χ2v) is 13.9. The highest BCUT2D eigenvalue weighted by Gasteiger charge is 2.33. The molecule has 2 fully saturated rings. The maximum atomic E-state index is 11.6. The summed E-state index contributed by atoms with van der Waals surface area (Å²) in [5, 5.41) is 0. The zero-order valence-electron chi connectivity index (χ0n) is 13.4. The topological polar surface area (TPSA) is 74.8 Å². The highest BCUT2D eigenvalue weighted by atomic mass is 33.1. The number of hydrogen-bond acceptors (Lipinski definition) is 8. The maximum absolute atomic E-state index is 11.6. The van der Waals surface area contributed by atoms with Gasteiger partial charge in [-0.1, -0.05) is 24.4 Å². The Kier molecular flexibility index (Phi) is 6.85. The summed E-state index contributed by atoms with van der Waals surface area (Å²) < 4.78 is 47.4. The smallest absolute Gasteiger partial charge is 0.152 e. The molecule has 2 atom stereocenters. The fraction of sp³-hybridized carbons (Fsp3) is 0.833. The lowest BCUT2D eigenvalue weighted by Crippen LogP contribution is -2.36. The standard InChI is InChI=1S/C12H20N2O4S6/c1-13(9-3-5-23(15,16)7-9)11(19)21-22-12(20)14(2)10-4-6-24(17,18)8-10/h9-10H,3-8H2,1-2H3/t9-,10-/m0/s1. The van der Waals surface area contributed by atoms with Gasteiger partial charge in [-0.15, -0.1) is 0 Å². The van der Waals surface area contributed by atoms with E-state index in [9.17, 15) is 16.8 Å². The fourth-order valence-corrected chi connectivity index (χ4v) is 8.92. The minimum Gasteiger partial charge on any atom is -0.356 e. The SMILES string of the molecule is CN(C(=S)SSC(=S)N(C)[C@H]1CCS(=O)(=O)C1)[C@H]1CCS(=O)(=O)C1. The molecule has 0 spiro atoms. The molecule has 0 aromatic heterocycles. The van der Waals surface area contributed by atoms with Crippen molar-refractivity contribution in [2.45, 2.75) is 24.9 Å². The Morgan fingerprint density at radius 3 is 1.42 bits per heavy atom. The summed E-state index contributed by atoms with van der Waals surface area (Å²) >= 11 is 10.7. The molecular weight excluding hydrogens is 429 g/mol. The lowest BCUT2D eigenvalue weighted by molar-refractivity contribution is 0.409. The van der Waals surface area contributed by atoms with Gasteiger partial charge in [0.25, 0.3) is 0 Å². The van der Waals surface area contributed by atoms with Crippen molar-refractivity contribution in [3.8, 4) is 0 Å². The third-order valence-electron chi connectivity index (χ3n) is 4.27. The molecule has 2 saturated heterocycles. The van der Waals surface area contributed by atoms with Gasteiger partial charge in [0, 0.05) is 26.2 Å². The van der Waals surface area contributed by atoms with Gasteiger partial charge in [0.2, 0.25) is 0 Å². The van der Waals surface area contributed by atoms with E-state index in [0.29, 0.717) is 21.5 Å². The molecule has 6 nitrogen and oxygen atoms in total. The van der Waals surface area contributed by atoms with Crippen LogP contribution in [-0.2, 0) is 19.7 Å². The highest BCUT2D eigenvalue weighted by Crippen LogP contribution is 2.31. The van der Waals surface area contributed by atoms with Crippen LogP contribution in [0.5, 0.6) is 0 Å². The van der Waals surface area contributed by atoms with Crippen molar-refractivity contribution in [1.82, 2.24) is 9.80 Å². The van der Waals surface area contributed by atoms with E-state index in [-0.39, 0.29) is 35.1 Å². The van der Waals surface area contributed by atoms with Crippen molar-refractivity contribution in [3.63, 3.8) is 0 Å². The number of nitrogens with zero attached hydrogens (tertiary/aromatic N) is 2. The van der Waals surface area contributed by atoms with E-state index in [0.717, 1.165) is 0 Å². The summed E-state index contributed by atoms with van der Waals surface area (Å²) in [6, 6.07) is -0.163. The van der Waals surface area contributed by atoms with Crippen molar-refractivity contribution in [2.75, 3.05) is 37.1 Å². The first-order valence-corrected chi connectivity index (χ1v) is 13.9. The first-order chi connectivity index (χ1) is 11.0. The third-order valence-corrected chi connectivity index (χ3v) is 11.6. The van der Waals surface area contributed by atoms with E-state index in [1.165, 1.54) is 21.6 Å². The average molecular weight is 449 g/mol. The van der Waals surface area contributed by atoms with Gasteiger partial charge in [-0.05, 0) is 34.4 Å². The summed E-state index contributed by atoms with van der Waals surface area (Å²) in [7, 11) is 0.335. The molecule has 0 unspecified atom stereocenters. The Morgan fingerprint density at radius 1 is 0.833 bits per heavy atom. The predicted octanol–water partition coefficient (Wildman–Crippen LogP) is 1.18. The second-order valence-electron chi connectivity index (χ2n) is 6.03. The Bertz CT molecular complexity index is 658. The lowest BCUT2D eigenvalue weighted by Gasteiger charge is -2.27. The molecule has 2 heterocycles. The van der Waals surface area contributed by atoms with Gasteiger partial charge < -0.3 is 9.80 Å². The minimum absolute atomic E-state index is 0.0816. The molecule has 0 aromatic rings. The average Bonchev–Trinajstić information content (AvgIpc) is 3.04. The van der Waals surface area contributed by atoms with Gasteiger partial charge in [-0.2, -0.15) is 0 Å². The van der Waals surface area contributed by atoms with Gasteiger partial charge >= 0.3 is 0 Å². The van der Waals surface area contributed by atoms with Gasteiger partial charge in [0.05, 0.1) is 23.0 Å². The first-order valence-electron chi connectivity index (χ1n) is 7.30. The molecule has 0 amide bonds. The molecular formula is C12H20N2O4S6. The Balaban J connectivity index is 1.82. The Labute approximate surface area is 162 Å². The van der Waals surface area contributed by atoms with Crippen molar-refractivity contribution in [1.29, 1.82) is 0 Å². The van der Waals surface area contributed by atoms with Crippen LogP contribution in [0.3, 0.4) is 0 Å². The lowest BCUT2D eigenvalue weighted by atomic mass is 10.2. The molecule has 0 bridgehead atoms. The van der Waals surface area contributed by atoms with E-state index < -0.39 is 19.7 Å². The molecule has 12 heteroatoms. The summed E-state index contributed by atoms with van der Waals surface area (Å²) in [4.78, 5) is 3.64. The van der Waals surface area contributed by atoms with Crippen molar-refractivity contribution < 1.29 is 16.8 Å². The molecule has 0 N–H and O–H groups in total. The molecule has 24 heavy (non-hydrogen) atoms. The molecule has 138 valence electrons. The van der Waals surface area contributed by atoms with Gasteiger partial charge in [0.15, 0.2) is 19.7 Å². The van der Waals surface area contributed by atoms with Gasteiger partial charge in [-0.25, -0.2) is 16.8 Å². The van der Waals surface area contributed by atoms with Crippen LogP contribution in [-0.4, -0.2) is 84.5 Å². The van der Waals surface area contributed by atoms with Crippen molar-refractivity contribution >= 4 is 74.3 Å². The number of rotatable bonds is 2. The van der Waals surface area contributed by atoms with Crippen LogP contribution in [0.1, 0.15) is 12.8 Å². The van der Waals surface area contributed by atoms with E-state index in [4.69, 9.17) is 24.4 Å². The number of sulfone groups is 2. The maximum Gasteiger partial charge on any atom is 0.152 e. The molecule has 0 radical (unpaired) electrons. The molecule has 0 aromatic carbocycles. The van der Waals surface area contributed by atoms with Crippen LogP contribution in [0.15, 0.2) is 0 Å². The van der Waals surface area contributed by atoms with Crippen molar-refractivity contribution in [2.24, 2.45) is 0 Å². The zero-order chi connectivity index (χ0) is 18.1. The monoisotopic (exact) mass is 448 g/mol. The zero-order valence-corrected chi connectivity index (χ0v) is 18.3. The van der Waals surface area contributed by atoms with Crippen LogP contribution in [0, 0.1) is 0 Å². The summed E-state index contributed by atoms with van der Waals surface area (Å²) in [6.07, 6.45) is 1.18. The summed E-state index contributed by atoms with van der Waals surface area (Å²) in [6.45, 7) is 0. The van der Waals surface area contributed by atoms with Gasteiger partial charge in [-0.3, -0.25) is 0 Å². The Morgan fingerprint density at radius 2 is 1.17 bits per heavy atom. The highest BCUT2D eigenvalue weighted by molar-refractivity contribution is 8.89. The molecule has 0 saturated carbocycles. The van der Waals surface area contributed by atoms with E-state index in [2.05, 4.69) is 0 Å². The van der Waals surface area contributed by atoms with E-state index in [1.54, 1.807) is 14.1 Å². The van der Waals surface area contributed by atoms with Gasteiger partial charge in [0.1, 0.15) is 8.64 Å². The summed E-state index contributed by atoms with van der Waals surface area (Å²) in [5.74, 6) is 0.692. The third kappa shape index (κ3) is 5.44. The Hall–Kier alpha value is 0.380. The quantitative estimate of drug-likeness (QED) is 0.454. The van der Waals surface area contributed by atoms with Crippen LogP contribution in [0.4, 0.5) is 0 Å².